The predicted octanol–water partition coefficient (Wildman–Crippen LogP) is 0.276. The number of ether oxygens (including phenoxy) is 2. The Labute approximate surface area is 82.9 Å². The second-order valence-electron chi connectivity index (χ2n) is 4.54. The van der Waals surface area contributed by atoms with Gasteiger partial charge in [0.05, 0.1) is 13.2 Å². The van der Waals surface area contributed by atoms with Crippen LogP contribution in [0.25, 0.3) is 0 Å². The van der Waals surface area contributed by atoms with E-state index in [4.69, 9.17) is 9.47 Å². The number of amides is 1. The van der Waals surface area contributed by atoms with Crippen molar-refractivity contribution < 1.29 is 14.3 Å². The molecule has 2 unspecified atom stereocenters. The first-order valence-corrected chi connectivity index (χ1v) is 5.32. The smallest absolute Gasteiger partial charge is 0.220 e. The van der Waals surface area contributed by atoms with Crippen LogP contribution in [0.4, 0.5) is 0 Å². The van der Waals surface area contributed by atoms with Gasteiger partial charge < -0.3 is 14.8 Å². The van der Waals surface area contributed by atoms with Crippen LogP contribution in [0, 0.1) is 11.8 Å². The fourth-order valence-electron chi connectivity index (χ4n) is 2.98. The molecule has 1 saturated carbocycles. The summed E-state index contributed by atoms with van der Waals surface area (Å²) < 4.78 is 11.3. The Hall–Kier alpha value is -0.610. The van der Waals surface area contributed by atoms with Crippen molar-refractivity contribution in [3.8, 4) is 0 Å². The summed E-state index contributed by atoms with van der Waals surface area (Å²) in [5.41, 5.74) is 0. The monoisotopic (exact) mass is 197 g/mol. The van der Waals surface area contributed by atoms with Crippen LogP contribution in [0.5, 0.6) is 0 Å². The van der Waals surface area contributed by atoms with Crippen LogP contribution in [-0.4, -0.2) is 31.5 Å². The fourth-order valence-corrected chi connectivity index (χ4v) is 2.98. The summed E-state index contributed by atoms with van der Waals surface area (Å²) in [5.74, 6) is 0.885. The molecule has 2 aliphatic heterocycles. The van der Waals surface area contributed by atoms with Crippen molar-refractivity contribution in [3.05, 3.63) is 0 Å². The van der Waals surface area contributed by atoms with Crippen LogP contribution in [-0.2, 0) is 14.3 Å². The Morgan fingerprint density at radius 2 is 1.93 bits per heavy atom. The number of hydrogen-bond acceptors (Lipinski definition) is 3. The molecule has 2 atom stereocenters. The van der Waals surface area contributed by atoms with Crippen LogP contribution >= 0.6 is 0 Å². The lowest BCUT2D eigenvalue weighted by Gasteiger charge is -2.24. The van der Waals surface area contributed by atoms with Gasteiger partial charge in [-0.2, -0.15) is 0 Å². The highest BCUT2D eigenvalue weighted by atomic mass is 16.7. The van der Waals surface area contributed by atoms with Gasteiger partial charge in [-0.15, -0.1) is 0 Å². The van der Waals surface area contributed by atoms with E-state index < -0.39 is 0 Å². The number of carbonyl (C=O) groups is 1. The molecule has 1 aliphatic carbocycles. The molecule has 2 heterocycles. The van der Waals surface area contributed by atoms with Crippen LogP contribution in [0.3, 0.4) is 0 Å². The zero-order chi connectivity index (χ0) is 9.60. The zero-order valence-electron chi connectivity index (χ0n) is 8.12. The molecule has 3 fully saturated rings. The van der Waals surface area contributed by atoms with E-state index in [1.807, 2.05) is 0 Å². The van der Waals surface area contributed by atoms with E-state index in [0.29, 0.717) is 31.5 Å². The molecule has 1 N–H and O–H groups in total. The van der Waals surface area contributed by atoms with Gasteiger partial charge in [-0.3, -0.25) is 4.79 Å². The lowest BCUT2D eigenvalue weighted by Crippen LogP contribution is -2.38. The van der Waals surface area contributed by atoms with Gasteiger partial charge in [0.2, 0.25) is 5.91 Å². The van der Waals surface area contributed by atoms with Crippen molar-refractivity contribution in [1.82, 2.24) is 5.32 Å². The summed E-state index contributed by atoms with van der Waals surface area (Å²) in [7, 11) is 0. The second-order valence-corrected chi connectivity index (χ2v) is 4.54. The van der Waals surface area contributed by atoms with Crippen LogP contribution < -0.4 is 5.32 Å². The molecule has 2 saturated heterocycles. The van der Waals surface area contributed by atoms with Gasteiger partial charge in [0.1, 0.15) is 0 Å². The standard InChI is InChI=1S/C10H15NO3/c12-9-3-7-4-10(13-1-2-14-10)5-8(7)6-11-9/h7-8H,1-6H2,(H,11,12). The van der Waals surface area contributed by atoms with Crippen molar-refractivity contribution >= 4 is 5.91 Å². The maximum Gasteiger partial charge on any atom is 0.220 e. The van der Waals surface area contributed by atoms with Crippen LogP contribution in [0.1, 0.15) is 19.3 Å². The zero-order valence-corrected chi connectivity index (χ0v) is 8.12. The minimum absolute atomic E-state index is 0.182. The highest BCUT2D eigenvalue weighted by Crippen LogP contribution is 2.46. The van der Waals surface area contributed by atoms with Gasteiger partial charge in [0.25, 0.3) is 0 Å². The molecule has 0 aromatic heterocycles. The summed E-state index contributed by atoms with van der Waals surface area (Å²) in [6.45, 7) is 2.22. The molecule has 14 heavy (non-hydrogen) atoms. The van der Waals surface area contributed by atoms with E-state index in [0.717, 1.165) is 19.4 Å². The average molecular weight is 197 g/mol. The molecule has 0 aromatic carbocycles. The number of nitrogens with one attached hydrogen (secondary N) is 1. The van der Waals surface area contributed by atoms with Gasteiger partial charge >= 0.3 is 0 Å². The summed E-state index contributed by atoms with van der Waals surface area (Å²) in [6, 6.07) is 0. The first-order chi connectivity index (χ1) is 6.77. The Balaban J connectivity index is 1.75. The number of hydrogen-bond donors (Lipinski definition) is 1. The largest absolute Gasteiger partial charge is 0.356 e. The van der Waals surface area contributed by atoms with E-state index in [-0.39, 0.29) is 11.7 Å². The first kappa shape index (κ1) is 8.68. The molecule has 4 nitrogen and oxygen atoms in total. The molecule has 1 spiro atoms. The molecule has 78 valence electrons. The van der Waals surface area contributed by atoms with Crippen molar-refractivity contribution in [2.75, 3.05) is 19.8 Å². The molecule has 0 radical (unpaired) electrons. The Morgan fingerprint density at radius 3 is 2.71 bits per heavy atom. The molecular weight excluding hydrogens is 182 g/mol. The van der Waals surface area contributed by atoms with Crippen LogP contribution in [0.15, 0.2) is 0 Å². The summed E-state index contributed by atoms with van der Waals surface area (Å²) in [5, 5.41) is 2.91. The van der Waals surface area contributed by atoms with Gasteiger partial charge in [0.15, 0.2) is 5.79 Å². The lowest BCUT2D eigenvalue weighted by atomic mass is 9.89. The van der Waals surface area contributed by atoms with Gasteiger partial charge in [0, 0.05) is 25.8 Å². The van der Waals surface area contributed by atoms with Crippen molar-refractivity contribution in [2.45, 2.75) is 25.0 Å². The number of rotatable bonds is 0. The molecule has 3 rings (SSSR count). The summed E-state index contributed by atoms with van der Waals surface area (Å²) in [4.78, 5) is 11.2. The van der Waals surface area contributed by atoms with Gasteiger partial charge in [-0.25, -0.2) is 0 Å². The quantitative estimate of drug-likeness (QED) is 0.606. The molecular formula is C10H15NO3. The number of piperidine rings is 1. The molecule has 0 aromatic rings. The Bertz CT molecular complexity index is 260. The van der Waals surface area contributed by atoms with Crippen molar-refractivity contribution in [2.24, 2.45) is 11.8 Å². The van der Waals surface area contributed by atoms with Gasteiger partial charge in [-0.05, 0) is 11.8 Å². The summed E-state index contributed by atoms with van der Waals surface area (Å²) in [6.07, 6.45) is 2.52. The van der Waals surface area contributed by atoms with Crippen molar-refractivity contribution in [3.63, 3.8) is 0 Å². The van der Waals surface area contributed by atoms with Crippen molar-refractivity contribution in [1.29, 1.82) is 0 Å². The second kappa shape index (κ2) is 2.94. The lowest BCUT2D eigenvalue weighted by molar-refractivity contribution is -0.154. The minimum Gasteiger partial charge on any atom is -0.356 e. The van der Waals surface area contributed by atoms with E-state index in [1.54, 1.807) is 0 Å². The van der Waals surface area contributed by atoms with Gasteiger partial charge in [-0.1, -0.05) is 0 Å². The third-order valence-corrected chi connectivity index (χ3v) is 3.64. The van der Waals surface area contributed by atoms with E-state index in [2.05, 4.69) is 5.32 Å². The predicted molar refractivity (Wildman–Crippen MR) is 48.5 cm³/mol. The number of carbonyl (C=O) groups excluding carboxylic acids is 1. The highest BCUT2D eigenvalue weighted by Gasteiger charge is 2.50. The minimum atomic E-state index is -0.332. The van der Waals surface area contributed by atoms with Crippen LogP contribution in [0.2, 0.25) is 0 Å². The summed E-state index contributed by atoms with van der Waals surface area (Å²) >= 11 is 0. The topological polar surface area (TPSA) is 47.6 Å². The van der Waals surface area contributed by atoms with E-state index in [9.17, 15) is 4.79 Å². The fraction of sp³-hybridized carbons (Fsp3) is 0.900. The Morgan fingerprint density at radius 1 is 1.21 bits per heavy atom. The van der Waals surface area contributed by atoms with E-state index >= 15 is 0 Å². The molecule has 3 aliphatic rings. The molecule has 1 amide bonds. The maximum atomic E-state index is 11.2. The number of fused-ring (bicyclic) bond motifs is 1. The molecule has 0 bridgehead atoms. The SMILES string of the molecule is O=C1CC2CC3(CC2CN1)OCCO3. The third-order valence-electron chi connectivity index (χ3n) is 3.64. The third kappa shape index (κ3) is 1.25. The highest BCUT2D eigenvalue weighted by molar-refractivity contribution is 5.77. The Kier molecular flexibility index (Phi) is 1.82. The van der Waals surface area contributed by atoms with E-state index in [1.165, 1.54) is 0 Å². The maximum absolute atomic E-state index is 11.2. The average Bonchev–Trinajstić information content (AvgIpc) is 2.72. The first-order valence-electron chi connectivity index (χ1n) is 5.32. The normalized spacial score (nSPS) is 39.9. The molecule has 4 heteroatoms.